The summed E-state index contributed by atoms with van der Waals surface area (Å²) in [5, 5.41) is 18.4. The van der Waals surface area contributed by atoms with Gasteiger partial charge in [0.1, 0.15) is 5.82 Å². The van der Waals surface area contributed by atoms with Gasteiger partial charge in [-0.05, 0) is 49.0 Å². The topological polar surface area (TPSA) is 43.7 Å². The number of nitrogens with zero attached hydrogens (tertiary/aromatic N) is 1. The second-order valence-electron chi connectivity index (χ2n) is 5.65. The van der Waals surface area contributed by atoms with Crippen LogP contribution in [0.4, 0.5) is 4.39 Å². The Morgan fingerprint density at radius 3 is 2.75 bits per heavy atom. The summed E-state index contributed by atoms with van der Waals surface area (Å²) >= 11 is 0. The third-order valence-corrected chi connectivity index (χ3v) is 4.13. The number of likely N-dealkylation sites (tertiary alicyclic amines) is 1. The fourth-order valence-electron chi connectivity index (χ4n) is 3.06. The van der Waals surface area contributed by atoms with E-state index in [9.17, 15) is 14.4 Å². The van der Waals surface area contributed by atoms with Gasteiger partial charge in [0, 0.05) is 12.6 Å². The predicted molar refractivity (Wildman–Crippen MR) is 79.2 cm³/mol. The average molecular weight is 279 g/mol. The van der Waals surface area contributed by atoms with E-state index >= 15 is 0 Å². The Morgan fingerprint density at radius 1 is 1.25 bits per heavy atom. The van der Waals surface area contributed by atoms with Gasteiger partial charge in [0.05, 0.1) is 0 Å². The molecule has 0 saturated carbocycles. The molecule has 2 rings (SSSR count). The van der Waals surface area contributed by atoms with Gasteiger partial charge in [0.15, 0.2) is 0 Å². The molecule has 110 valence electrons. The number of halogens is 1. The van der Waals surface area contributed by atoms with Crippen LogP contribution in [0, 0.1) is 5.82 Å². The Bertz CT molecular complexity index is 442. The molecule has 1 fully saturated rings. The van der Waals surface area contributed by atoms with Crippen molar-refractivity contribution in [3.05, 3.63) is 29.6 Å². The molecule has 0 aromatic heterocycles. The van der Waals surface area contributed by atoms with Crippen molar-refractivity contribution < 1.29 is 14.4 Å². The van der Waals surface area contributed by atoms with E-state index in [2.05, 4.69) is 11.8 Å². The normalized spacial score (nSPS) is 20.7. The Morgan fingerprint density at radius 2 is 2.05 bits per heavy atom. The average Bonchev–Trinajstić information content (AvgIpc) is 2.63. The van der Waals surface area contributed by atoms with Gasteiger partial charge in [0.2, 0.25) is 0 Å². The predicted octanol–water partition coefficient (Wildman–Crippen LogP) is 1.66. The van der Waals surface area contributed by atoms with E-state index in [0.717, 1.165) is 18.5 Å². The van der Waals surface area contributed by atoms with Crippen molar-refractivity contribution in [2.75, 3.05) is 6.54 Å². The Balaban J connectivity index is 2.14. The minimum atomic E-state index is -1.62. The van der Waals surface area contributed by atoms with Crippen molar-refractivity contribution in [2.45, 2.75) is 51.6 Å². The molecule has 0 aliphatic carbocycles. The van der Waals surface area contributed by atoms with E-state index in [1.807, 2.05) is 0 Å². The van der Waals surface area contributed by atoms with Crippen molar-refractivity contribution in [1.82, 2.24) is 4.90 Å². The summed E-state index contributed by atoms with van der Waals surface area (Å²) < 4.78 is 13.6. The zero-order chi connectivity index (χ0) is 14.5. The lowest BCUT2D eigenvalue weighted by Crippen LogP contribution is -2.35. The molecule has 1 aromatic rings. The minimum Gasteiger partial charge on any atom is -0.423 e. The third-order valence-electron chi connectivity index (χ3n) is 4.13. The smallest absolute Gasteiger partial charge is 0.423 e. The minimum absolute atomic E-state index is 0.225. The molecule has 0 amide bonds. The van der Waals surface area contributed by atoms with Crippen LogP contribution in [0.3, 0.4) is 0 Å². The van der Waals surface area contributed by atoms with E-state index < -0.39 is 12.9 Å². The van der Waals surface area contributed by atoms with Gasteiger partial charge in [-0.3, -0.25) is 4.90 Å². The van der Waals surface area contributed by atoms with Gasteiger partial charge < -0.3 is 10.0 Å². The quantitative estimate of drug-likeness (QED) is 0.824. The first-order chi connectivity index (χ1) is 9.60. The molecule has 1 unspecified atom stereocenters. The largest absolute Gasteiger partial charge is 0.488 e. The van der Waals surface area contributed by atoms with Gasteiger partial charge in [-0.25, -0.2) is 4.39 Å². The Kier molecular flexibility index (Phi) is 5.58. The van der Waals surface area contributed by atoms with Crippen LogP contribution in [0.2, 0.25) is 0 Å². The van der Waals surface area contributed by atoms with Crippen LogP contribution in [0.15, 0.2) is 18.2 Å². The van der Waals surface area contributed by atoms with Crippen molar-refractivity contribution in [3.8, 4) is 0 Å². The maximum atomic E-state index is 13.6. The van der Waals surface area contributed by atoms with Crippen molar-refractivity contribution in [1.29, 1.82) is 0 Å². The highest BCUT2D eigenvalue weighted by molar-refractivity contribution is 6.58. The van der Waals surface area contributed by atoms with E-state index in [1.54, 1.807) is 6.07 Å². The molecule has 1 heterocycles. The van der Waals surface area contributed by atoms with Crippen LogP contribution in [-0.4, -0.2) is 34.7 Å². The molecule has 0 radical (unpaired) electrons. The maximum absolute atomic E-state index is 13.6. The Labute approximate surface area is 120 Å². The van der Waals surface area contributed by atoms with Crippen molar-refractivity contribution in [2.24, 2.45) is 0 Å². The zero-order valence-corrected chi connectivity index (χ0v) is 12.1. The van der Waals surface area contributed by atoms with E-state index in [-0.39, 0.29) is 5.46 Å². The molecule has 1 saturated heterocycles. The molecule has 1 aliphatic rings. The van der Waals surface area contributed by atoms with Crippen LogP contribution in [0.1, 0.15) is 44.6 Å². The lowest BCUT2D eigenvalue weighted by Gasteiger charge is -2.29. The van der Waals surface area contributed by atoms with E-state index in [4.69, 9.17) is 0 Å². The first-order valence-corrected chi connectivity index (χ1v) is 7.49. The fourth-order valence-corrected chi connectivity index (χ4v) is 3.06. The van der Waals surface area contributed by atoms with Crippen LogP contribution >= 0.6 is 0 Å². The van der Waals surface area contributed by atoms with Gasteiger partial charge in [-0.2, -0.15) is 0 Å². The lowest BCUT2D eigenvalue weighted by molar-refractivity contribution is 0.186. The zero-order valence-electron chi connectivity index (χ0n) is 12.1. The van der Waals surface area contributed by atoms with Crippen LogP contribution in [0.5, 0.6) is 0 Å². The number of hydrogen-bond acceptors (Lipinski definition) is 3. The molecule has 5 heteroatoms. The molecule has 3 nitrogen and oxygen atoms in total. The van der Waals surface area contributed by atoms with Crippen molar-refractivity contribution >= 4 is 12.6 Å². The summed E-state index contributed by atoms with van der Waals surface area (Å²) in [5.41, 5.74) is 1.04. The Hall–Kier alpha value is -0.905. The molecule has 0 bridgehead atoms. The van der Waals surface area contributed by atoms with Crippen LogP contribution < -0.4 is 5.46 Å². The third kappa shape index (κ3) is 4.04. The van der Waals surface area contributed by atoms with Gasteiger partial charge in [-0.15, -0.1) is 0 Å². The highest BCUT2D eigenvalue weighted by Crippen LogP contribution is 2.21. The summed E-state index contributed by atoms with van der Waals surface area (Å²) in [5.74, 6) is -0.409. The van der Waals surface area contributed by atoms with Gasteiger partial charge in [0.25, 0.3) is 0 Å². The van der Waals surface area contributed by atoms with E-state index in [1.165, 1.54) is 37.8 Å². The molecular formula is C15H23BFNO2. The molecule has 1 atom stereocenters. The highest BCUT2D eigenvalue weighted by atomic mass is 19.1. The molecular weight excluding hydrogens is 256 g/mol. The summed E-state index contributed by atoms with van der Waals surface area (Å²) in [6.45, 7) is 3.90. The second kappa shape index (κ2) is 7.20. The number of benzene rings is 1. The fraction of sp³-hybridized carbons (Fsp3) is 0.600. The highest BCUT2D eigenvalue weighted by Gasteiger charge is 2.20. The van der Waals surface area contributed by atoms with E-state index in [0.29, 0.717) is 12.6 Å². The number of rotatable bonds is 4. The maximum Gasteiger partial charge on any atom is 0.488 e. The molecule has 1 aliphatic heterocycles. The van der Waals surface area contributed by atoms with Crippen molar-refractivity contribution in [3.63, 3.8) is 0 Å². The summed E-state index contributed by atoms with van der Waals surface area (Å²) in [6.07, 6.45) is 6.00. The SMILES string of the molecule is CCC1CCCCCN1Cc1cc(F)cc(B(O)O)c1. The standard InChI is InChI=1S/C15H23BFNO2/c1-2-15-6-4-3-5-7-18(15)11-12-8-13(16(19)20)10-14(17)9-12/h8-10,15,19-20H,2-7,11H2,1H3. The van der Waals surface area contributed by atoms with Crippen LogP contribution in [0.25, 0.3) is 0 Å². The van der Waals surface area contributed by atoms with Crippen LogP contribution in [-0.2, 0) is 6.54 Å². The summed E-state index contributed by atoms with van der Waals surface area (Å²) in [7, 11) is -1.62. The van der Waals surface area contributed by atoms with Gasteiger partial charge in [-0.1, -0.05) is 25.8 Å². The first-order valence-electron chi connectivity index (χ1n) is 7.49. The molecule has 2 N–H and O–H groups in total. The van der Waals surface area contributed by atoms with Gasteiger partial charge >= 0.3 is 7.12 Å². The summed E-state index contributed by atoms with van der Waals surface area (Å²) in [6, 6.07) is 4.89. The summed E-state index contributed by atoms with van der Waals surface area (Å²) in [4.78, 5) is 2.40. The second-order valence-corrected chi connectivity index (χ2v) is 5.65. The molecule has 1 aromatic carbocycles. The molecule has 20 heavy (non-hydrogen) atoms. The number of hydrogen-bond donors (Lipinski definition) is 2. The molecule has 0 spiro atoms. The lowest BCUT2D eigenvalue weighted by atomic mass is 9.79. The first kappa shape index (κ1) is 15.5. The monoisotopic (exact) mass is 279 g/mol.